The first-order valence-electron chi connectivity index (χ1n) is 13.0. The number of rotatable bonds is 8. The third-order valence-corrected chi connectivity index (χ3v) is 7.45. The molecule has 202 valence electrons. The van der Waals surface area contributed by atoms with Crippen molar-refractivity contribution >= 4 is 39.7 Å². The molecule has 0 bridgehead atoms. The average Bonchev–Trinajstić information content (AvgIpc) is 3.37. The number of anilines is 3. The van der Waals surface area contributed by atoms with Crippen LogP contribution in [0, 0.1) is 6.92 Å². The molecule has 2 aromatic heterocycles. The highest BCUT2D eigenvalue weighted by Crippen LogP contribution is 2.28. The molecule has 3 aromatic rings. The van der Waals surface area contributed by atoms with Gasteiger partial charge < -0.3 is 20.7 Å². The van der Waals surface area contributed by atoms with Gasteiger partial charge in [0.25, 0.3) is 11.8 Å². The summed E-state index contributed by atoms with van der Waals surface area (Å²) >= 11 is 1.34. The first kappa shape index (κ1) is 26.3. The van der Waals surface area contributed by atoms with Crippen molar-refractivity contribution in [3.8, 4) is 0 Å². The number of hydrogen-bond acceptors (Lipinski definition) is 8. The predicted octanol–water partition coefficient (Wildman–Crippen LogP) is 4.31. The van der Waals surface area contributed by atoms with E-state index in [1.54, 1.807) is 12.3 Å². The zero-order valence-electron chi connectivity index (χ0n) is 22.3. The maximum atomic E-state index is 13.2. The highest BCUT2D eigenvalue weighted by Gasteiger charge is 2.25. The quantitative estimate of drug-likeness (QED) is 0.392. The summed E-state index contributed by atoms with van der Waals surface area (Å²) < 4.78 is 7.40. The maximum absolute atomic E-state index is 13.2. The molecule has 0 radical (unpaired) electrons. The molecule has 3 heterocycles. The van der Waals surface area contributed by atoms with Gasteiger partial charge in [-0.2, -0.15) is 5.10 Å². The minimum absolute atomic E-state index is 0.227. The first-order valence-corrected chi connectivity index (χ1v) is 13.8. The summed E-state index contributed by atoms with van der Waals surface area (Å²) in [7, 11) is 0. The number of morpholine rings is 1. The largest absolute Gasteiger partial charge is 0.379 e. The van der Waals surface area contributed by atoms with Crippen molar-refractivity contribution in [2.24, 2.45) is 0 Å². The number of carbonyl (C=O) groups excluding carboxylic acids is 2. The Morgan fingerprint density at radius 3 is 2.58 bits per heavy atom. The molecule has 5 rings (SSSR count). The number of aromatic nitrogens is 3. The molecule has 10 nitrogen and oxygen atoms in total. The van der Waals surface area contributed by atoms with E-state index in [-0.39, 0.29) is 17.4 Å². The fourth-order valence-corrected chi connectivity index (χ4v) is 5.06. The summed E-state index contributed by atoms with van der Waals surface area (Å²) in [6.07, 6.45) is 3.88. The van der Waals surface area contributed by atoms with Crippen LogP contribution >= 0.6 is 11.3 Å². The predicted molar refractivity (Wildman–Crippen MR) is 149 cm³/mol. The number of nitrogens with zero attached hydrogens (tertiary/aromatic N) is 4. The fourth-order valence-electron chi connectivity index (χ4n) is 4.27. The molecule has 1 aliphatic heterocycles. The molecule has 2 fully saturated rings. The summed E-state index contributed by atoms with van der Waals surface area (Å²) in [5.41, 5.74) is 3.17. The van der Waals surface area contributed by atoms with Crippen LogP contribution in [-0.2, 0) is 16.8 Å². The number of carbonyl (C=O) groups is 2. The summed E-state index contributed by atoms with van der Waals surface area (Å²) in [4.78, 5) is 33.2. The number of amides is 2. The van der Waals surface area contributed by atoms with E-state index in [2.05, 4.69) is 51.7 Å². The second-order valence-corrected chi connectivity index (χ2v) is 11.9. The molecule has 0 unspecified atom stereocenters. The van der Waals surface area contributed by atoms with Crippen molar-refractivity contribution < 1.29 is 14.3 Å². The van der Waals surface area contributed by atoms with E-state index < -0.39 is 0 Å². The Balaban J connectivity index is 1.28. The number of ether oxygens (including phenoxy) is 1. The molecule has 2 amide bonds. The molecule has 1 saturated heterocycles. The topological polar surface area (TPSA) is 113 Å². The van der Waals surface area contributed by atoms with E-state index in [1.807, 2.05) is 29.8 Å². The Labute approximate surface area is 226 Å². The lowest BCUT2D eigenvalue weighted by molar-refractivity contribution is 0.0324. The molecule has 1 saturated carbocycles. The van der Waals surface area contributed by atoms with Gasteiger partial charge in [0, 0.05) is 37.1 Å². The van der Waals surface area contributed by atoms with Gasteiger partial charge >= 0.3 is 0 Å². The molecule has 0 spiro atoms. The van der Waals surface area contributed by atoms with Gasteiger partial charge in [-0.15, -0.1) is 0 Å². The van der Waals surface area contributed by atoms with Crippen LogP contribution in [0.4, 0.5) is 16.5 Å². The van der Waals surface area contributed by atoms with Crippen LogP contribution in [0.2, 0.25) is 0 Å². The zero-order valence-corrected chi connectivity index (χ0v) is 23.2. The number of nitrogens with one attached hydrogen (secondary N) is 3. The van der Waals surface area contributed by atoms with Crippen LogP contribution < -0.4 is 16.0 Å². The highest BCUT2D eigenvalue weighted by atomic mass is 32.1. The average molecular weight is 538 g/mol. The summed E-state index contributed by atoms with van der Waals surface area (Å²) in [5, 5.41) is 14.6. The lowest BCUT2D eigenvalue weighted by Gasteiger charge is -2.29. The fraction of sp³-hybridized carbons (Fsp3) is 0.481. The van der Waals surface area contributed by atoms with E-state index in [0.29, 0.717) is 47.7 Å². The Kier molecular flexibility index (Phi) is 7.51. The van der Waals surface area contributed by atoms with Crippen molar-refractivity contribution in [1.29, 1.82) is 0 Å². The van der Waals surface area contributed by atoms with Crippen LogP contribution in [0.25, 0.3) is 0 Å². The van der Waals surface area contributed by atoms with E-state index in [4.69, 9.17) is 4.74 Å². The van der Waals surface area contributed by atoms with Crippen molar-refractivity contribution in [2.75, 3.05) is 42.3 Å². The minimum Gasteiger partial charge on any atom is -0.379 e. The number of thiazole rings is 1. The number of hydrogen-bond donors (Lipinski definition) is 3. The Morgan fingerprint density at radius 2 is 1.87 bits per heavy atom. The van der Waals surface area contributed by atoms with Crippen LogP contribution in [0.1, 0.15) is 65.0 Å². The van der Waals surface area contributed by atoms with Gasteiger partial charge in [0.1, 0.15) is 4.88 Å². The Bertz CT molecular complexity index is 1320. The van der Waals surface area contributed by atoms with E-state index >= 15 is 0 Å². The molecule has 2 aliphatic rings. The summed E-state index contributed by atoms with van der Waals surface area (Å²) in [6, 6.07) is 7.80. The van der Waals surface area contributed by atoms with Gasteiger partial charge in [-0.1, -0.05) is 17.4 Å². The SMILES string of the molecule is Cc1ccc(NC(=O)c2cc(CN3CCOCC3)n(C(C)(C)C)n2)cc1NC(=O)c1cnc(NC2CC2)s1. The normalized spacial score (nSPS) is 16.3. The number of aryl methyl sites for hydroxylation is 1. The maximum Gasteiger partial charge on any atom is 0.276 e. The summed E-state index contributed by atoms with van der Waals surface area (Å²) in [5.74, 6) is -0.523. The third kappa shape index (κ3) is 6.40. The summed E-state index contributed by atoms with van der Waals surface area (Å²) in [6.45, 7) is 12.0. The Hall–Kier alpha value is -3.28. The molecule has 38 heavy (non-hydrogen) atoms. The molecule has 1 aliphatic carbocycles. The van der Waals surface area contributed by atoms with Gasteiger partial charge in [-0.25, -0.2) is 4.98 Å². The smallest absolute Gasteiger partial charge is 0.276 e. The van der Waals surface area contributed by atoms with Crippen LogP contribution in [0.5, 0.6) is 0 Å². The number of benzene rings is 1. The Morgan fingerprint density at radius 1 is 1.11 bits per heavy atom. The monoisotopic (exact) mass is 537 g/mol. The van der Waals surface area contributed by atoms with Crippen molar-refractivity contribution in [3.05, 3.63) is 52.3 Å². The second-order valence-electron chi connectivity index (χ2n) is 10.9. The molecule has 1 aromatic carbocycles. The molecular weight excluding hydrogens is 502 g/mol. The molecule has 11 heteroatoms. The van der Waals surface area contributed by atoms with E-state index in [1.165, 1.54) is 11.3 Å². The van der Waals surface area contributed by atoms with E-state index in [9.17, 15) is 9.59 Å². The van der Waals surface area contributed by atoms with Crippen LogP contribution in [0.3, 0.4) is 0 Å². The van der Waals surface area contributed by atoms with Crippen LogP contribution in [0.15, 0.2) is 30.5 Å². The van der Waals surface area contributed by atoms with Gasteiger partial charge in [-0.05, 0) is 64.3 Å². The molecule has 0 atom stereocenters. The first-order chi connectivity index (χ1) is 18.2. The lowest BCUT2D eigenvalue weighted by atomic mass is 10.1. The van der Waals surface area contributed by atoms with Gasteiger partial charge in [0.2, 0.25) is 0 Å². The van der Waals surface area contributed by atoms with Gasteiger partial charge in [-0.3, -0.25) is 19.2 Å². The van der Waals surface area contributed by atoms with Crippen molar-refractivity contribution in [3.63, 3.8) is 0 Å². The van der Waals surface area contributed by atoms with Gasteiger partial charge in [0.05, 0.1) is 30.6 Å². The molecular formula is C27H35N7O3S. The van der Waals surface area contributed by atoms with Crippen LogP contribution in [-0.4, -0.2) is 63.8 Å². The van der Waals surface area contributed by atoms with Crippen molar-refractivity contribution in [1.82, 2.24) is 19.7 Å². The third-order valence-electron chi connectivity index (χ3n) is 6.52. The second kappa shape index (κ2) is 10.8. The standard InChI is InChI=1S/C27H35N7O3S/c1-17-5-6-19(13-21(17)31-25(36)23-15-28-26(38-23)30-18-7-8-18)29-24(35)22-14-20(34(32-22)27(2,3)4)16-33-9-11-37-12-10-33/h5-6,13-15,18H,7-12,16H2,1-4H3,(H,28,30)(H,29,35)(H,31,36). The lowest BCUT2D eigenvalue weighted by Crippen LogP contribution is -2.37. The zero-order chi connectivity index (χ0) is 26.9. The van der Waals surface area contributed by atoms with Gasteiger partial charge in [0.15, 0.2) is 10.8 Å². The highest BCUT2D eigenvalue weighted by molar-refractivity contribution is 7.17. The van der Waals surface area contributed by atoms with E-state index in [0.717, 1.165) is 42.3 Å². The minimum atomic E-state index is -0.296. The van der Waals surface area contributed by atoms with Crippen molar-refractivity contribution in [2.45, 2.75) is 58.7 Å². The molecule has 3 N–H and O–H groups in total.